The van der Waals surface area contributed by atoms with E-state index in [1.165, 1.54) is 63.2 Å². The van der Waals surface area contributed by atoms with Gasteiger partial charge in [-0.1, -0.05) is 0 Å². The molecule has 1 fully saturated rings. The molecule has 6 aromatic rings. The SMILES string of the molecule is CC(C)C1=Cc2c(-c3cccc4ccccc34)cccc2[CH]1[Zr+2]1([CH]2C(C(C)C)=Cc3c(-c4cccc5ccccc45)cccc32)[CH2][CH2]1.[Cl-].[Cl-]. The molecule has 6 aromatic carbocycles. The zero-order valence-electron chi connectivity index (χ0n) is 28.7. The van der Waals surface area contributed by atoms with E-state index in [0.717, 1.165) is 0 Å². The van der Waals surface area contributed by atoms with Crippen LogP contribution >= 0.6 is 0 Å². The van der Waals surface area contributed by atoms with Gasteiger partial charge in [0.15, 0.2) is 0 Å². The minimum Gasteiger partial charge on any atom is -1.00 e. The van der Waals surface area contributed by atoms with Crippen LogP contribution in [-0.2, 0) is 20.3 Å². The van der Waals surface area contributed by atoms with E-state index in [2.05, 4.69) is 161 Å². The molecule has 244 valence electrons. The Balaban J connectivity index is 0.00000189. The zero-order chi connectivity index (χ0) is 31.9. The third kappa shape index (κ3) is 5.35. The van der Waals surface area contributed by atoms with Crippen LogP contribution in [-0.4, -0.2) is 0 Å². The largest absolute Gasteiger partial charge is 1.00 e. The summed E-state index contributed by atoms with van der Waals surface area (Å²) in [5.74, 6) is 1.08. The fourth-order valence-corrected chi connectivity index (χ4v) is 27.6. The molecule has 0 nitrogen and oxygen atoms in total. The van der Waals surface area contributed by atoms with E-state index in [1.54, 1.807) is 22.3 Å². The van der Waals surface area contributed by atoms with Gasteiger partial charge in [-0.3, -0.25) is 0 Å². The van der Waals surface area contributed by atoms with Crippen LogP contribution in [0.4, 0.5) is 0 Å². The van der Waals surface area contributed by atoms with Gasteiger partial charge in [-0.2, -0.15) is 0 Å². The van der Waals surface area contributed by atoms with Gasteiger partial charge in [0, 0.05) is 0 Å². The van der Waals surface area contributed by atoms with Crippen LogP contribution in [0.2, 0.25) is 8.26 Å². The fourth-order valence-electron chi connectivity index (χ4n) is 9.41. The summed E-state index contributed by atoms with van der Waals surface area (Å²) < 4.78 is 4.23. The maximum Gasteiger partial charge on any atom is -1.00 e. The Morgan fingerprint density at radius 1 is 0.449 bits per heavy atom. The third-order valence-electron chi connectivity index (χ3n) is 11.7. The molecule has 9 rings (SSSR count). The number of hydrogen-bond donors (Lipinski definition) is 0. The van der Waals surface area contributed by atoms with Crippen molar-refractivity contribution >= 4 is 33.7 Å². The second-order valence-corrected chi connectivity index (χ2v) is 26.2. The summed E-state index contributed by atoms with van der Waals surface area (Å²) >= 11 is -2.87. The summed E-state index contributed by atoms with van der Waals surface area (Å²) in [4.78, 5) is 0. The predicted octanol–water partition coefficient (Wildman–Crippen LogP) is 7.23. The number of allylic oxidation sites excluding steroid dienone is 2. The van der Waals surface area contributed by atoms with Crippen molar-refractivity contribution in [3.05, 3.63) is 155 Å². The van der Waals surface area contributed by atoms with Crippen molar-refractivity contribution in [2.24, 2.45) is 11.8 Å². The topological polar surface area (TPSA) is 0 Å². The number of fused-ring (bicyclic) bond motifs is 4. The van der Waals surface area contributed by atoms with Crippen molar-refractivity contribution in [3.8, 4) is 22.3 Å². The minimum absolute atomic E-state index is 0. The minimum atomic E-state index is -2.87. The first kappa shape index (κ1) is 34.2. The molecule has 0 radical (unpaired) electrons. The van der Waals surface area contributed by atoms with Crippen LogP contribution in [0.3, 0.4) is 0 Å². The van der Waals surface area contributed by atoms with Gasteiger partial charge in [0.05, 0.1) is 0 Å². The molecular weight excluding hydrogens is 715 g/mol. The molecule has 0 bridgehead atoms. The predicted molar refractivity (Wildman–Crippen MR) is 199 cm³/mol. The van der Waals surface area contributed by atoms with E-state index >= 15 is 0 Å². The average Bonchev–Trinajstić information content (AvgIpc) is 3.60. The molecule has 1 saturated heterocycles. The third-order valence-corrected chi connectivity index (χ3v) is 24.5. The molecule has 2 unspecified atom stereocenters. The molecule has 2 atom stereocenters. The summed E-state index contributed by atoms with van der Waals surface area (Å²) in [6, 6.07) is 46.0. The maximum atomic E-state index is 2.65. The molecule has 49 heavy (non-hydrogen) atoms. The van der Waals surface area contributed by atoms with Crippen LogP contribution < -0.4 is 24.8 Å². The van der Waals surface area contributed by atoms with Gasteiger partial charge in [-0.05, 0) is 0 Å². The molecule has 1 heterocycles. The molecule has 0 amide bonds. The molecule has 1 aliphatic heterocycles. The first-order chi connectivity index (χ1) is 23.0. The normalized spacial score (nSPS) is 17.8. The maximum absolute atomic E-state index is 2.87. The summed E-state index contributed by atoms with van der Waals surface area (Å²) in [5.41, 5.74) is 15.2. The zero-order valence-corrected chi connectivity index (χ0v) is 32.7. The van der Waals surface area contributed by atoms with Crippen molar-refractivity contribution in [1.29, 1.82) is 0 Å². The fraction of sp³-hybridized carbons (Fsp3) is 0.217. The Labute approximate surface area is 308 Å². The van der Waals surface area contributed by atoms with Gasteiger partial charge in [-0.15, -0.1) is 0 Å². The summed E-state index contributed by atoms with van der Waals surface area (Å²) in [6.45, 7) is 9.80. The number of hydrogen-bond acceptors (Lipinski definition) is 0. The average molecular weight is 757 g/mol. The van der Waals surface area contributed by atoms with Gasteiger partial charge in [0.1, 0.15) is 0 Å². The Kier molecular flexibility index (Phi) is 9.19. The van der Waals surface area contributed by atoms with Crippen LogP contribution in [0.15, 0.2) is 132 Å². The number of benzene rings is 6. The van der Waals surface area contributed by atoms with Crippen molar-refractivity contribution < 1.29 is 45.1 Å². The van der Waals surface area contributed by atoms with E-state index in [-0.39, 0.29) is 24.8 Å². The van der Waals surface area contributed by atoms with E-state index in [9.17, 15) is 0 Å². The van der Waals surface area contributed by atoms with Gasteiger partial charge in [0.25, 0.3) is 0 Å². The van der Waals surface area contributed by atoms with Crippen molar-refractivity contribution in [3.63, 3.8) is 0 Å². The molecule has 0 saturated carbocycles. The quantitative estimate of drug-likeness (QED) is 0.169. The molecule has 0 N–H and O–H groups in total. The smallest absolute Gasteiger partial charge is 1.00 e. The van der Waals surface area contributed by atoms with E-state index in [4.69, 9.17) is 0 Å². The van der Waals surface area contributed by atoms with Crippen molar-refractivity contribution in [1.82, 2.24) is 0 Å². The monoisotopic (exact) mass is 754 g/mol. The first-order valence-electron chi connectivity index (χ1n) is 17.6. The van der Waals surface area contributed by atoms with E-state index in [0.29, 0.717) is 19.1 Å². The number of rotatable bonds is 6. The van der Waals surface area contributed by atoms with Gasteiger partial charge in [0.2, 0.25) is 0 Å². The van der Waals surface area contributed by atoms with Crippen LogP contribution in [0.5, 0.6) is 0 Å². The van der Waals surface area contributed by atoms with E-state index in [1.807, 2.05) is 0 Å². The standard InChI is InChI=1S/2C22H19.C2H4.2ClH.Zr/c2*1-15(2)18-13-17-9-6-12-21(22(17)14-18)20-11-5-8-16-7-3-4-10-19(16)20;1-2;;;/h2*3-15H,1-2H3;1-2H2;2*1H;/q;;;;;+2/p-2. The molecular formula is C46H42Cl2Zr. The summed E-state index contributed by atoms with van der Waals surface area (Å²) in [6.07, 6.45) is 5.31. The van der Waals surface area contributed by atoms with Crippen LogP contribution in [0.25, 0.3) is 56.0 Å². The Morgan fingerprint density at radius 2 is 0.816 bits per heavy atom. The van der Waals surface area contributed by atoms with Crippen LogP contribution in [0, 0.1) is 11.8 Å². The molecule has 0 aromatic heterocycles. The Morgan fingerprint density at radius 3 is 1.22 bits per heavy atom. The summed E-state index contributed by atoms with van der Waals surface area (Å²) in [7, 11) is 0. The first-order valence-corrected chi connectivity index (χ1v) is 23.9. The van der Waals surface area contributed by atoms with Crippen molar-refractivity contribution in [2.45, 2.75) is 43.2 Å². The summed E-state index contributed by atoms with van der Waals surface area (Å²) in [5, 5.41) is 5.34. The van der Waals surface area contributed by atoms with Crippen molar-refractivity contribution in [2.75, 3.05) is 0 Å². The number of halogens is 2. The van der Waals surface area contributed by atoms with Gasteiger partial charge >= 0.3 is 286 Å². The Bertz CT molecular complexity index is 2120. The molecule has 0 spiro atoms. The Hall–Kier alpha value is -3.22. The second-order valence-electron chi connectivity index (χ2n) is 14.9. The van der Waals surface area contributed by atoms with Crippen LogP contribution in [0.1, 0.15) is 57.2 Å². The second kappa shape index (κ2) is 13.2. The van der Waals surface area contributed by atoms with Gasteiger partial charge < -0.3 is 24.8 Å². The van der Waals surface area contributed by atoms with Gasteiger partial charge in [-0.25, -0.2) is 0 Å². The molecule has 2 aliphatic carbocycles. The molecule has 3 heteroatoms. The molecule has 3 aliphatic rings. The van der Waals surface area contributed by atoms with E-state index < -0.39 is 20.3 Å².